The van der Waals surface area contributed by atoms with Gasteiger partial charge in [0.2, 0.25) is 0 Å². The summed E-state index contributed by atoms with van der Waals surface area (Å²) in [5, 5.41) is 3.87. The van der Waals surface area contributed by atoms with Gasteiger partial charge in [0.05, 0.1) is 11.2 Å². The minimum absolute atomic E-state index is 0.131. The Kier molecular flexibility index (Phi) is 4.16. The van der Waals surface area contributed by atoms with Crippen LogP contribution in [0.15, 0.2) is 24.4 Å². The van der Waals surface area contributed by atoms with Gasteiger partial charge < -0.3 is 11.1 Å². The first-order valence-corrected chi connectivity index (χ1v) is 7.04. The number of thiazole rings is 1. The van der Waals surface area contributed by atoms with Gasteiger partial charge in [0.25, 0.3) is 5.91 Å². The number of aryl methyl sites for hydroxylation is 2. The van der Waals surface area contributed by atoms with Gasteiger partial charge in [-0.3, -0.25) is 4.79 Å². The number of nitrogen functional groups attached to an aromatic ring is 1. The van der Waals surface area contributed by atoms with Gasteiger partial charge in [0.1, 0.15) is 4.88 Å². The van der Waals surface area contributed by atoms with Crippen LogP contribution in [0.4, 0.5) is 11.4 Å². The average molecular weight is 275 g/mol. The van der Waals surface area contributed by atoms with Crippen molar-refractivity contribution in [3.05, 3.63) is 39.8 Å². The Morgan fingerprint density at radius 1 is 1.47 bits per heavy atom. The van der Waals surface area contributed by atoms with E-state index in [1.165, 1.54) is 11.3 Å². The Labute approximate surface area is 116 Å². The van der Waals surface area contributed by atoms with E-state index in [1.54, 1.807) is 12.3 Å². The highest BCUT2D eigenvalue weighted by Gasteiger charge is 2.11. The summed E-state index contributed by atoms with van der Waals surface area (Å²) in [6.07, 6.45) is 3.57. The van der Waals surface area contributed by atoms with Gasteiger partial charge in [0, 0.05) is 11.4 Å². The summed E-state index contributed by atoms with van der Waals surface area (Å²) >= 11 is 1.44. The number of carbonyl (C=O) groups excluding carboxylic acids is 1. The van der Waals surface area contributed by atoms with Crippen molar-refractivity contribution in [3.8, 4) is 0 Å². The van der Waals surface area contributed by atoms with Crippen LogP contribution in [0.5, 0.6) is 0 Å². The first-order chi connectivity index (χ1) is 9.10. The number of rotatable bonds is 4. The molecule has 0 unspecified atom stereocenters. The summed E-state index contributed by atoms with van der Waals surface area (Å²) in [7, 11) is 0. The fourth-order valence-electron chi connectivity index (χ4n) is 1.70. The summed E-state index contributed by atoms with van der Waals surface area (Å²) in [6, 6.07) is 5.47. The topological polar surface area (TPSA) is 68.0 Å². The number of aromatic nitrogens is 1. The molecule has 5 heteroatoms. The minimum Gasteiger partial charge on any atom is -0.399 e. The molecular weight excluding hydrogens is 258 g/mol. The molecule has 0 atom stereocenters. The third-order valence-corrected chi connectivity index (χ3v) is 3.81. The normalized spacial score (nSPS) is 10.4. The monoisotopic (exact) mass is 275 g/mol. The van der Waals surface area contributed by atoms with Gasteiger partial charge in [-0.05, 0) is 37.5 Å². The second-order valence-corrected chi connectivity index (χ2v) is 5.51. The maximum atomic E-state index is 12.1. The molecule has 1 aromatic heterocycles. The molecule has 0 fully saturated rings. The van der Waals surface area contributed by atoms with Crippen molar-refractivity contribution in [1.82, 2.24) is 4.98 Å². The Balaban J connectivity index is 2.13. The summed E-state index contributed by atoms with van der Waals surface area (Å²) in [6.45, 7) is 4.03. The number of anilines is 2. The number of hydrogen-bond acceptors (Lipinski definition) is 4. The molecule has 0 aliphatic heterocycles. The number of nitrogens with zero attached hydrogens (tertiary/aromatic N) is 1. The molecule has 0 aliphatic rings. The average Bonchev–Trinajstić information content (AvgIpc) is 2.83. The molecule has 0 aliphatic carbocycles. The third-order valence-electron chi connectivity index (χ3n) is 2.75. The standard InChI is InChI=1S/C14H17N3OS/c1-3-4-13-16-8-12(19-13)14(18)17-11-7-10(15)6-5-9(11)2/h5-8H,3-4,15H2,1-2H3,(H,17,18). The first kappa shape index (κ1) is 13.5. The lowest BCUT2D eigenvalue weighted by Crippen LogP contribution is -2.11. The minimum atomic E-state index is -0.131. The second-order valence-electron chi connectivity index (χ2n) is 4.40. The molecule has 0 spiro atoms. The van der Waals surface area contributed by atoms with E-state index >= 15 is 0 Å². The van der Waals surface area contributed by atoms with Crippen LogP contribution in [0.2, 0.25) is 0 Å². The molecule has 2 rings (SSSR count). The van der Waals surface area contributed by atoms with Crippen molar-refractivity contribution in [2.24, 2.45) is 0 Å². The molecule has 19 heavy (non-hydrogen) atoms. The highest BCUT2D eigenvalue weighted by atomic mass is 32.1. The van der Waals surface area contributed by atoms with E-state index in [-0.39, 0.29) is 5.91 Å². The predicted molar refractivity (Wildman–Crippen MR) is 79.7 cm³/mol. The van der Waals surface area contributed by atoms with Gasteiger partial charge in [-0.25, -0.2) is 4.98 Å². The van der Waals surface area contributed by atoms with Gasteiger partial charge in [0.15, 0.2) is 0 Å². The van der Waals surface area contributed by atoms with Crippen LogP contribution in [0.25, 0.3) is 0 Å². The summed E-state index contributed by atoms with van der Waals surface area (Å²) in [4.78, 5) is 17.0. The van der Waals surface area contributed by atoms with Crippen molar-refractivity contribution in [2.45, 2.75) is 26.7 Å². The number of benzene rings is 1. The van der Waals surface area contributed by atoms with Crippen LogP contribution >= 0.6 is 11.3 Å². The number of amides is 1. The molecule has 0 bridgehead atoms. The number of nitrogens with one attached hydrogen (secondary N) is 1. The van der Waals surface area contributed by atoms with Crippen molar-refractivity contribution in [1.29, 1.82) is 0 Å². The van der Waals surface area contributed by atoms with Gasteiger partial charge in [-0.1, -0.05) is 13.0 Å². The van der Waals surface area contributed by atoms with Crippen LogP contribution in [0.1, 0.15) is 33.6 Å². The fraction of sp³-hybridized carbons (Fsp3) is 0.286. The molecule has 3 N–H and O–H groups in total. The van der Waals surface area contributed by atoms with Crippen molar-refractivity contribution >= 4 is 28.6 Å². The zero-order valence-corrected chi connectivity index (χ0v) is 11.9. The maximum Gasteiger partial charge on any atom is 0.267 e. The van der Waals surface area contributed by atoms with E-state index in [0.29, 0.717) is 10.6 Å². The molecule has 1 amide bonds. The van der Waals surface area contributed by atoms with Crippen LogP contribution in [0.3, 0.4) is 0 Å². The largest absolute Gasteiger partial charge is 0.399 e. The van der Waals surface area contributed by atoms with Crippen molar-refractivity contribution in [2.75, 3.05) is 11.1 Å². The Bertz CT molecular complexity index is 592. The van der Waals surface area contributed by atoms with E-state index in [1.807, 2.05) is 19.1 Å². The Hall–Kier alpha value is -1.88. The van der Waals surface area contributed by atoms with Crippen LogP contribution in [-0.4, -0.2) is 10.9 Å². The molecule has 2 aromatic rings. The third kappa shape index (κ3) is 3.32. The van der Waals surface area contributed by atoms with E-state index in [4.69, 9.17) is 5.73 Å². The zero-order chi connectivity index (χ0) is 13.8. The lowest BCUT2D eigenvalue weighted by molar-refractivity contribution is 0.103. The highest BCUT2D eigenvalue weighted by molar-refractivity contribution is 7.13. The highest BCUT2D eigenvalue weighted by Crippen LogP contribution is 2.21. The van der Waals surface area contributed by atoms with Crippen LogP contribution in [0, 0.1) is 6.92 Å². The van der Waals surface area contributed by atoms with Crippen LogP contribution in [-0.2, 0) is 6.42 Å². The second kappa shape index (κ2) is 5.84. The Morgan fingerprint density at radius 3 is 3.00 bits per heavy atom. The molecule has 0 saturated carbocycles. The van der Waals surface area contributed by atoms with E-state index in [2.05, 4.69) is 17.2 Å². The van der Waals surface area contributed by atoms with E-state index < -0.39 is 0 Å². The van der Waals surface area contributed by atoms with Crippen molar-refractivity contribution in [3.63, 3.8) is 0 Å². The molecule has 4 nitrogen and oxygen atoms in total. The number of nitrogens with two attached hydrogens (primary N) is 1. The molecule has 0 saturated heterocycles. The van der Waals surface area contributed by atoms with Gasteiger partial charge >= 0.3 is 0 Å². The Morgan fingerprint density at radius 2 is 2.26 bits per heavy atom. The summed E-state index contributed by atoms with van der Waals surface area (Å²) in [5.74, 6) is -0.131. The molecular formula is C14H17N3OS. The van der Waals surface area contributed by atoms with E-state index in [0.717, 1.165) is 29.1 Å². The summed E-state index contributed by atoms with van der Waals surface area (Å²) < 4.78 is 0. The molecule has 1 heterocycles. The number of hydrogen-bond donors (Lipinski definition) is 2. The predicted octanol–water partition coefficient (Wildman–Crippen LogP) is 3.24. The smallest absolute Gasteiger partial charge is 0.267 e. The maximum absolute atomic E-state index is 12.1. The first-order valence-electron chi connectivity index (χ1n) is 6.22. The lowest BCUT2D eigenvalue weighted by atomic mass is 10.2. The fourth-order valence-corrected chi connectivity index (χ4v) is 2.62. The lowest BCUT2D eigenvalue weighted by Gasteiger charge is -2.07. The number of carbonyl (C=O) groups is 1. The van der Waals surface area contributed by atoms with Crippen molar-refractivity contribution < 1.29 is 4.79 Å². The zero-order valence-electron chi connectivity index (χ0n) is 11.1. The van der Waals surface area contributed by atoms with Gasteiger partial charge in [-0.2, -0.15) is 0 Å². The molecule has 0 radical (unpaired) electrons. The van der Waals surface area contributed by atoms with Gasteiger partial charge in [-0.15, -0.1) is 11.3 Å². The quantitative estimate of drug-likeness (QED) is 0.842. The van der Waals surface area contributed by atoms with Crippen LogP contribution < -0.4 is 11.1 Å². The molecule has 1 aromatic carbocycles. The summed E-state index contributed by atoms with van der Waals surface area (Å²) in [5.41, 5.74) is 8.09. The SMILES string of the molecule is CCCc1ncc(C(=O)Nc2cc(N)ccc2C)s1. The van der Waals surface area contributed by atoms with E-state index in [9.17, 15) is 4.79 Å². The molecule has 100 valence electrons.